The Morgan fingerprint density at radius 1 is 1.40 bits per heavy atom. The van der Waals surface area contributed by atoms with E-state index in [1.165, 1.54) is 44.5 Å². The van der Waals surface area contributed by atoms with E-state index in [1.807, 2.05) is 0 Å². The maximum atomic E-state index is 4.76. The second-order valence-corrected chi connectivity index (χ2v) is 6.43. The molecule has 0 aliphatic carbocycles. The Labute approximate surface area is 122 Å². The highest BCUT2D eigenvalue weighted by molar-refractivity contribution is 5.02. The first-order valence-electron chi connectivity index (χ1n) is 8.29. The Morgan fingerprint density at radius 2 is 2.30 bits per heavy atom. The van der Waals surface area contributed by atoms with E-state index >= 15 is 0 Å². The van der Waals surface area contributed by atoms with Crippen molar-refractivity contribution >= 4 is 0 Å². The van der Waals surface area contributed by atoms with Gasteiger partial charge in [-0.3, -0.25) is 9.58 Å². The SMILES string of the molecule is CCC(C)n1ccc(CN2CCCC2C2CCCN2)n1. The maximum absolute atomic E-state index is 4.76. The van der Waals surface area contributed by atoms with E-state index in [4.69, 9.17) is 5.10 Å². The van der Waals surface area contributed by atoms with Crippen molar-refractivity contribution < 1.29 is 0 Å². The molecule has 2 fully saturated rings. The van der Waals surface area contributed by atoms with E-state index in [0.717, 1.165) is 19.0 Å². The van der Waals surface area contributed by atoms with E-state index in [9.17, 15) is 0 Å². The van der Waals surface area contributed by atoms with Crippen LogP contribution < -0.4 is 5.32 Å². The molecule has 2 aliphatic heterocycles. The average molecular weight is 276 g/mol. The summed E-state index contributed by atoms with van der Waals surface area (Å²) in [5, 5.41) is 8.44. The van der Waals surface area contributed by atoms with Crippen molar-refractivity contribution in [1.29, 1.82) is 0 Å². The Morgan fingerprint density at radius 3 is 3.05 bits per heavy atom. The van der Waals surface area contributed by atoms with Gasteiger partial charge < -0.3 is 5.32 Å². The quantitative estimate of drug-likeness (QED) is 0.897. The molecule has 0 amide bonds. The molecule has 0 saturated carbocycles. The third-order valence-electron chi connectivity index (χ3n) is 5.05. The molecule has 1 aromatic heterocycles. The van der Waals surface area contributed by atoms with Crippen LogP contribution in [0, 0.1) is 0 Å². The Balaban J connectivity index is 1.62. The van der Waals surface area contributed by atoms with Gasteiger partial charge in [0.25, 0.3) is 0 Å². The van der Waals surface area contributed by atoms with E-state index < -0.39 is 0 Å². The minimum absolute atomic E-state index is 0.509. The molecular weight excluding hydrogens is 248 g/mol. The number of nitrogens with zero attached hydrogens (tertiary/aromatic N) is 3. The molecule has 4 nitrogen and oxygen atoms in total. The van der Waals surface area contributed by atoms with Crippen molar-refractivity contribution in [3.63, 3.8) is 0 Å². The molecule has 0 spiro atoms. The fraction of sp³-hybridized carbons (Fsp3) is 0.812. The summed E-state index contributed by atoms with van der Waals surface area (Å²) in [6.07, 6.45) is 8.67. The monoisotopic (exact) mass is 276 g/mol. The minimum Gasteiger partial charge on any atom is -0.312 e. The van der Waals surface area contributed by atoms with Crippen molar-refractivity contribution in [3.8, 4) is 0 Å². The summed E-state index contributed by atoms with van der Waals surface area (Å²) in [4.78, 5) is 2.65. The van der Waals surface area contributed by atoms with Crippen molar-refractivity contribution in [2.45, 2.75) is 70.6 Å². The second-order valence-electron chi connectivity index (χ2n) is 6.43. The summed E-state index contributed by atoms with van der Waals surface area (Å²) in [7, 11) is 0. The zero-order valence-corrected chi connectivity index (χ0v) is 12.9. The number of likely N-dealkylation sites (tertiary alicyclic amines) is 1. The smallest absolute Gasteiger partial charge is 0.0765 e. The number of rotatable bonds is 5. The number of hydrogen-bond donors (Lipinski definition) is 1. The van der Waals surface area contributed by atoms with Crippen molar-refractivity contribution in [2.75, 3.05) is 13.1 Å². The summed E-state index contributed by atoms with van der Waals surface area (Å²) >= 11 is 0. The summed E-state index contributed by atoms with van der Waals surface area (Å²) < 4.78 is 2.12. The van der Waals surface area contributed by atoms with Crippen LogP contribution in [0.3, 0.4) is 0 Å². The van der Waals surface area contributed by atoms with Crippen molar-refractivity contribution in [3.05, 3.63) is 18.0 Å². The third-order valence-corrected chi connectivity index (χ3v) is 5.05. The summed E-state index contributed by atoms with van der Waals surface area (Å²) in [5.41, 5.74) is 1.23. The van der Waals surface area contributed by atoms with Gasteiger partial charge in [-0.2, -0.15) is 5.10 Å². The summed E-state index contributed by atoms with van der Waals surface area (Å²) in [6.45, 7) is 7.91. The molecule has 0 bridgehead atoms. The van der Waals surface area contributed by atoms with E-state index in [-0.39, 0.29) is 0 Å². The average Bonchev–Trinajstić information content (AvgIpc) is 3.18. The van der Waals surface area contributed by atoms with Gasteiger partial charge in [-0.15, -0.1) is 0 Å². The van der Waals surface area contributed by atoms with Gasteiger partial charge in [0.05, 0.1) is 5.69 Å². The topological polar surface area (TPSA) is 33.1 Å². The van der Waals surface area contributed by atoms with Crippen LogP contribution >= 0.6 is 0 Å². The van der Waals surface area contributed by atoms with E-state index in [0.29, 0.717) is 12.1 Å². The lowest BCUT2D eigenvalue weighted by atomic mass is 10.0. The molecule has 4 heteroatoms. The number of aromatic nitrogens is 2. The van der Waals surface area contributed by atoms with Crippen molar-refractivity contribution in [1.82, 2.24) is 20.0 Å². The normalized spacial score (nSPS) is 29.1. The molecule has 1 N–H and O–H groups in total. The van der Waals surface area contributed by atoms with Crippen LogP contribution in [0.25, 0.3) is 0 Å². The molecule has 1 aromatic rings. The molecule has 112 valence electrons. The molecule has 3 unspecified atom stereocenters. The van der Waals surface area contributed by atoms with Crippen LogP contribution in [0.4, 0.5) is 0 Å². The minimum atomic E-state index is 0.509. The molecular formula is C16H28N4. The number of hydrogen-bond acceptors (Lipinski definition) is 3. The molecule has 3 heterocycles. The van der Waals surface area contributed by atoms with Gasteiger partial charge in [0.15, 0.2) is 0 Å². The van der Waals surface area contributed by atoms with E-state index in [2.05, 4.69) is 41.0 Å². The number of nitrogens with one attached hydrogen (secondary N) is 1. The molecule has 3 atom stereocenters. The first-order chi connectivity index (χ1) is 9.78. The zero-order valence-electron chi connectivity index (χ0n) is 12.9. The largest absolute Gasteiger partial charge is 0.312 e. The molecule has 2 saturated heterocycles. The predicted octanol–water partition coefficient (Wildman–Crippen LogP) is 2.57. The van der Waals surface area contributed by atoms with Crippen LogP contribution in [-0.4, -0.2) is 39.9 Å². The highest BCUT2D eigenvalue weighted by Gasteiger charge is 2.33. The Kier molecular flexibility index (Phi) is 4.41. The molecule has 3 rings (SSSR count). The first-order valence-corrected chi connectivity index (χ1v) is 8.29. The van der Waals surface area contributed by atoms with Gasteiger partial charge in [-0.1, -0.05) is 6.92 Å². The molecule has 2 aliphatic rings. The summed E-state index contributed by atoms with van der Waals surface area (Å²) in [6, 6.07) is 4.15. The predicted molar refractivity (Wildman–Crippen MR) is 81.7 cm³/mol. The van der Waals surface area contributed by atoms with Gasteiger partial charge in [0.2, 0.25) is 0 Å². The highest BCUT2D eigenvalue weighted by atomic mass is 15.3. The Hall–Kier alpha value is -0.870. The van der Waals surface area contributed by atoms with Crippen LogP contribution in [0.2, 0.25) is 0 Å². The molecule has 20 heavy (non-hydrogen) atoms. The Bertz CT molecular complexity index is 422. The van der Waals surface area contributed by atoms with Crippen molar-refractivity contribution in [2.24, 2.45) is 0 Å². The third kappa shape index (κ3) is 2.91. The van der Waals surface area contributed by atoms with E-state index in [1.54, 1.807) is 0 Å². The maximum Gasteiger partial charge on any atom is 0.0765 e. The second kappa shape index (κ2) is 6.27. The lowest BCUT2D eigenvalue weighted by molar-refractivity contribution is 0.203. The fourth-order valence-corrected chi connectivity index (χ4v) is 3.65. The standard InChI is InChI=1S/C16H28N4/c1-3-13(2)20-11-8-14(18-20)12-19-10-5-7-16(19)15-6-4-9-17-15/h8,11,13,15-17H,3-7,9-10,12H2,1-2H3. The first kappa shape index (κ1) is 14.1. The van der Waals surface area contributed by atoms with Gasteiger partial charge in [-0.25, -0.2) is 0 Å². The fourth-order valence-electron chi connectivity index (χ4n) is 3.65. The van der Waals surface area contributed by atoms with Gasteiger partial charge >= 0.3 is 0 Å². The lowest BCUT2D eigenvalue weighted by Crippen LogP contribution is -2.43. The van der Waals surface area contributed by atoms with Crippen LogP contribution in [0.15, 0.2) is 12.3 Å². The van der Waals surface area contributed by atoms with Gasteiger partial charge in [0.1, 0.15) is 0 Å². The van der Waals surface area contributed by atoms with Gasteiger partial charge in [-0.05, 0) is 58.2 Å². The van der Waals surface area contributed by atoms with Crippen LogP contribution in [0.1, 0.15) is 57.7 Å². The lowest BCUT2D eigenvalue weighted by Gasteiger charge is -2.28. The van der Waals surface area contributed by atoms with Crippen LogP contribution in [0.5, 0.6) is 0 Å². The molecule has 0 aromatic carbocycles. The van der Waals surface area contributed by atoms with Crippen LogP contribution in [-0.2, 0) is 6.54 Å². The summed E-state index contributed by atoms with van der Waals surface area (Å²) in [5.74, 6) is 0. The molecule has 0 radical (unpaired) electrons. The zero-order chi connectivity index (χ0) is 13.9. The van der Waals surface area contributed by atoms with Gasteiger partial charge in [0, 0.05) is 30.9 Å². The highest BCUT2D eigenvalue weighted by Crippen LogP contribution is 2.26.